The molecule has 0 fully saturated rings. The lowest BCUT2D eigenvalue weighted by atomic mass is 9.81. The van der Waals surface area contributed by atoms with Crippen LogP contribution in [0.5, 0.6) is 0 Å². The zero-order valence-electron chi connectivity index (χ0n) is 17.9. The second-order valence-corrected chi connectivity index (χ2v) is 6.33. The minimum absolute atomic E-state index is 0.697. The van der Waals surface area contributed by atoms with Crippen molar-refractivity contribution in [3.05, 3.63) is 0 Å². The molecule has 188 valence electrons. The predicted octanol–water partition coefficient (Wildman–Crippen LogP) is -3.12. The van der Waals surface area contributed by atoms with E-state index in [1.807, 2.05) is 0 Å². The Morgan fingerprint density at radius 3 is 1.44 bits per heavy atom. The van der Waals surface area contributed by atoms with Crippen molar-refractivity contribution in [3.8, 4) is 0 Å². The van der Waals surface area contributed by atoms with Gasteiger partial charge in [0, 0.05) is 20.8 Å². The van der Waals surface area contributed by atoms with Crippen LogP contribution in [-0.2, 0) is 72.5 Å². The number of hydrogen-bond donors (Lipinski definition) is 2. The average Bonchev–Trinajstić information content (AvgIpc) is 2.72. The van der Waals surface area contributed by atoms with Crippen LogP contribution in [0.3, 0.4) is 0 Å². The fourth-order valence-electron chi connectivity index (χ4n) is 1.89. The SMILES string of the molecule is CC(=O)C(=O)OOC(=O)CC(O)(C(=O)OOC(=O)C(C)=O)C(C(=O)OOC(=O)C(C)=O)C(C)O. The number of rotatable bonds is 9. The maximum absolute atomic E-state index is 12.4. The molecular weight excluding hydrogens is 476 g/mol. The second kappa shape index (κ2) is 12.7. The van der Waals surface area contributed by atoms with E-state index < -0.39 is 77.2 Å². The van der Waals surface area contributed by atoms with Gasteiger partial charge >= 0.3 is 35.8 Å². The quantitative estimate of drug-likeness (QED) is 0.183. The van der Waals surface area contributed by atoms with Crippen LogP contribution >= 0.6 is 0 Å². The highest BCUT2D eigenvalue weighted by molar-refractivity contribution is 6.33. The Kier molecular flexibility index (Phi) is 11.1. The first kappa shape index (κ1) is 29.8. The lowest BCUT2D eigenvalue weighted by Gasteiger charge is -2.31. The lowest BCUT2D eigenvalue weighted by molar-refractivity contribution is -0.285. The maximum Gasteiger partial charge on any atom is 0.421 e. The monoisotopic (exact) mass is 494 g/mol. The maximum atomic E-state index is 12.4. The zero-order chi connectivity index (χ0) is 26.8. The molecule has 0 aromatic carbocycles. The number of ketones is 3. The Hall–Kier alpha value is -4.25. The van der Waals surface area contributed by atoms with Gasteiger partial charge in [0.1, 0.15) is 5.92 Å². The summed E-state index contributed by atoms with van der Waals surface area (Å²) in [6.45, 7) is 2.91. The Morgan fingerprint density at radius 1 is 0.676 bits per heavy atom. The third kappa shape index (κ3) is 8.71. The molecule has 0 aliphatic rings. The van der Waals surface area contributed by atoms with Crippen LogP contribution in [0, 0.1) is 5.92 Å². The van der Waals surface area contributed by atoms with E-state index in [0.717, 1.165) is 20.8 Å². The van der Waals surface area contributed by atoms with Gasteiger partial charge in [-0.1, -0.05) is 0 Å². The van der Waals surface area contributed by atoms with Gasteiger partial charge in [0.15, 0.2) is 5.60 Å². The fraction of sp³-hybridized carbons (Fsp3) is 0.471. The number of aliphatic hydroxyl groups excluding tert-OH is 1. The third-order valence-electron chi connectivity index (χ3n) is 3.48. The van der Waals surface area contributed by atoms with Gasteiger partial charge < -0.3 is 10.2 Å². The first-order valence-electron chi connectivity index (χ1n) is 8.74. The smallest absolute Gasteiger partial charge is 0.392 e. The van der Waals surface area contributed by atoms with Crippen molar-refractivity contribution >= 4 is 53.2 Å². The number of carbonyl (C=O) groups excluding carboxylic acids is 9. The topological polar surface area (TPSA) is 249 Å². The van der Waals surface area contributed by atoms with Gasteiger partial charge in [-0.3, -0.25) is 14.4 Å². The van der Waals surface area contributed by atoms with Crippen LogP contribution < -0.4 is 0 Å². The molecule has 0 rings (SSSR count). The van der Waals surface area contributed by atoms with Crippen LogP contribution in [0.2, 0.25) is 0 Å². The van der Waals surface area contributed by atoms with Gasteiger partial charge in [-0.25, -0.2) is 58.1 Å². The van der Waals surface area contributed by atoms with Gasteiger partial charge in [-0.15, -0.1) is 0 Å². The van der Waals surface area contributed by atoms with Crippen molar-refractivity contribution in [1.29, 1.82) is 0 Å². The third-order valence-corrected chi connectivity index (χ3v) is 3.48. The van der Waals surface area contributed by atoms with Crippen molar-refractivity contribution in [2.45, 2.75) is 45.8 Å². The van der Waals surface area contributed by atoms with Gasteiger partial charge in [-0.2, -0.15) is 0 Å². The van der Waals surface area contributed by atoms with E-state index in [9.17, 15) is 53.4 Å². The fourth-order valence-corrected chi connectivity index (χ4v) is 1.89. The summed E-state index contributed by atoms with van der Waals surface area (Å²) in [4.78, 5) is 126. The van der Waals surface area contributed by atoms with Crippen LogP contribution in [-0.4, -0.2) is 75.1 Å². The van der Waals surface area contributed by atoms with E-state index in [1.165, 1.54) is 0 Å². The largest absolute Gasteiger partial charge is 0.421 e. The van der Waals surface area contributed by atoms with E-state index >= 15 is 0 Å². The van der Waals surface area contributed by atoms with Crippen LogP contribution in [0.15, 0.2) is 0 Å². The summed E-state index contributed by atoms with van der Waals surface area (Å²) >= 11 is 0. The number of Topliss-reactive ketones (excluding diaryl/α,β-unsaturated/α-hetero) is 3. The average molecular weight is 494 g/mol. The van der Waals surface area contributed by atoms with Crippen molar-refractivity contribution in [2.24, 2.45) is 5.92 Å². The minimum atomic E-state index is -3.58. The van der Waals surface area contributed by atoms with E-state index in [-0.39, 0.29) is 0 Å². The van der Waals surface area contributed by atoms with Crippen LogP contribution in [0.1, 0.15) is 34.1 Å². The molecule has 0 aromatic heterocycles. The molecule has 17 heteroatoms. The lowest BCUT2D eigenvalue weighted by Crippen LogP contribution is -2.56. The summed E-state index contributed by atoms with van der Waals surface area (Å²) in [7, 11) is 0. The van der Waals surface area contributed by atoms with E-state index in [1.54, 1.807) is 0 Å². The molecule has 0 saturated heterocycles. The van der Waals surface area contributed by atoms with Gasteiger partial charge in [0.2, 0.25) is 17.3 Å². The van der Waals surface area contributed by atoms with Gasteiger partial charge in [0.05, 0.1) is 12.5 Å². The predicted molar refractivity (Wildman–Crippen MR) is 93.3 cm³/mol. The van der Waals surface area contributed by atoms with Gasteiger partial charge in [0.25, 0.3) is 0 Å². The molecule has 34 heavy (non-hydrogen) atoms. The molecule has 0 spiro atoms. The Morgan fingerprint density at radius 2 is 1.06 bits per heavy atom. The first-order chi connectivity index (χ1) is 15.5. The summed E-state index contributed by atoms with van der Waals surface area (Å²) in [6.07, 6.45) is -3.84. The molecule has 0 radical (unpaired) electrons. The molecule has 2 N–H and O–H groups in total. The van der Waals surface area contributed by atoms with Crippen molar-refractivity contribution in [2.75, 3.05) is 0 Å². The molecule has 0 aromatic rings. The summed E-state index contributed by atoms with van der Waals surface area (Å²) < 4.78 is 0. The van der Waals surface area contributed by atoms with Crippen molar-refractivity contribution < 1.29 is 82.7 Å². The molecule has 0 saturated carbocycles. The molecule has 0 amide bonds. The van der Waals surface area contributed by atoms with E-state index in [4.69, 9.17) is 0 Å². The molecule has 0 aliphatic heterocycles. The number of aliphatic hydroxyl groups is 2. The molecular formula is C17H18O17. The summed E-state index contributed by atoms with van der Waals surface area (Å²) in [6, 6.07) is 0. The summed E-state index contributed by atoms with van der Waals surface area (Å²) in [5.41, 5.74) is -3.58. The Labute approximate surface area is 188 Å². The molecule has 17 nitrogen and oxygen atoms in total. The van der Waals surface area contributed by atoms with Crippen molar-refractivity contribution in [1.82, 2.24) is 0 Å². The summed E-state index contributed by atoms with van der Waals surface area (Å²) in [5.74, 6) is -17.4. The van der Waals surface area contributed by atoms with Crippen LogP contribution in [0.4, 0.5) is 0 Å². The highest BCUT2D eigenvalue weighted by atomic mass is 17.2. The minimum Gasteiger partial charge on any atom is -0.392 e. The van der Waals surface area contributed by atoms with E-state index in [0.29, 0.717) is 6.92 Å². The molecule has 0 bridgehead atoms. The molecule has 3 unspecified atom stereocenters. The standard InChI is InChI=1S/C17H18O17/c1-6(18)11(15(26)33-31-13(24)8(3)20)17(28,16(27)34-32-14(25)9(4)21)5-10(22)29-30-12(23)7(2)19/h6,11,18,28H,5H2,1-4H3. The van der Waals surface area contributed by atoms with Crippen LogP contribution in [0.25, 0.3) is 0 Å². The van der Waals surface area contributed by atoms with E-state index in [2.05, 4.69) is 29.3 Å². The number of carbonyl (C=O) groups is 9. The zero-order valence-corrected chi connectivity index (χ0v) is 17.9. The highest BCUT2D eigenvalue weighted by Crippen LogP contribution is 2.29. The normalized spacial score (nSPS) is 13.6. The number of hydrogen-bond acceptors (Lipinski definition) is 17. The van der Waals surface area contributed by atoms with Gasteiger partial charge in [-0.05, 0) is 6.92 Å². The molecule has 0 aliphatic carbocycles. The summed E-state index contributed by atoms with van der Waals surface area (Å²) in [5, 5.41) is 20.6. The Bertz CT molecular complexity index is 900. The first-order valence-corrected chi connectivity index (χ1v) is 8.74. The van der Waals surface area contributed by atoms with Crippen molar-refractivity contribution in [3.63, 3.8) is 0 Å². The molecule has 0 heterocycles. The highest BCUT2D eigenvalue weighted by Gasteiger charge is 2.56. The Balaban J connectivity index is 5.96. The second-order valence-electron chi connectivity index (χ2n) is 6.33. The molecule has 3 atom stereocenters.